The molecule has 158 valence electrons. The van der Waals surface area contributed by atoms with E-state index >= 15 is 0 Å². The molecule has 1 heterocycles. The van der Waals surface area contributed by atoms with E-state index in [9.17, 15) is 9.59 Å². The molecular weight excluding hydrogens is 362 g/mol. The highest BCUT2D eigenvalue weighted by atomic mass is 16.2. The Bertz CT molecular complexity index is 778. The Balaban J connectivity index is 1.90. The van der Waals surface area contributed by atoms with Crippen LogP contribution in [0.5, 0.6) is 0 Å². The van der Waals surface area contributed by atoms with Crippen molar-refractivity contribution in [3.8, 4) is 0 Å². The van der Waals surface area contributed by atoms with Crippen molar-refractivity contribution in [2.45, 2.75) is 84.0 Å². The highest BCUT2D eigenvalue weighted by Gasteiger charge is 2.49. The van der Waals surface area contributed by atoms with E-state index < -0.39 is 5.41 Å². The zero-order valence-electron chi connectivity index (χ0n) is 18.1. The summed E-state index contributed by atoms with van der Waals surface area (Å²) in [5, 5.41) is 0. The summed E-state index contributed by atoms with van der Waals surface area (Å²) in [5.41, 5.74) is 9.64. The van der Waals surface area contributed by atoms with Crippen molar-refractivity contribution < 1.29 is 9.59 Å². The Morgan fingerprint density at radius 2 is 1.76 bits per heavy atom. The maximum Gasteiger partial charge on any atom is 0.237 e. The van der Waals surface area contributed by atoms with Gasteiger partial charge in [0.05, 0.1) is 16.8 Å². The zero-order valence-corrected chi connectivity index (χ0v) is 18.1. The van der Waals surface area contributed by atoms with Crippen molar-refractivity contribution in [1.82, 2.24) is 5.43 Å². The second-order valence-electron chi connectivity index (χ2n) is 8.31. The van der Waals surface area contributed by atoms with Gasteiger partial charge < -0.3 is 10.3 Å². The summed E-state index contributed by atoms with van der Waals surface area (Å²) in [4.78, 5) is 27.7. The maximum absolute atomic E-state index is 13.5. The van der Waals surface area contributed by atoms with E-state index in [1.54, 1.807) is 0 Å². The third-order valence-electron chi connectivity index (χ3n) is 6.11. The van der Waals surface area contributed by atoms with Crippen LogP contribution in [0.4, 0.5) is 11.4 Å². The van der Waals surface area contributed by atoms with Crippen LogP contribution < -0.4 is 15.8 Å². The molecular formula is C24H35N3O2. The lowest BCUT2D eigenvalue weighted by atomic mass is 9.74. The Hall–Kier alpha value is -2.30. The number of nitrogens with one attached hydrogen (secondary N) is 2. The summed E-state index contributed by atoms with van der Waals surface area (Å²) in [5.74, 6) is 0.414. The van der Waals surface area contributed by atoms with E-state index in [-0.39, 0.29) is 11.7 Å². The number of rotatable bonds is 9. The fraction of sp³-hybridized carbons (Fsp3) is 0.583. The van der Waals surface area contributed by atoms with Gasteiger partial charge in [-0.25, -0.2) is 0 Å². The van der Waals surface area contributed by atoms with Crippen molar-refractivity contribution >= 4 is 23.1 Å². The van der Waals surface area contributed by atoms with E-state index in [1.807, 2.05) is 17.0 Å². The standard InChI is InChI=1S/C24H35N3O2/c1-4-14-24(15-5-2)19-17-18(12-13-21(19)27(16-6-3)23(24)29)25-26-20-10-8-7-9-11-22(20)28/h10,12-13,17,25-26H,4-9,11,14-16H2,1-3H3. The molecule has 29 heavy (non-hydrogen) atoms. The third kappa shape index (κ3) is 4.19. The molecule has 0 saturated heterocycles. The number of ketones is 1. The number of allylic oxidation sites excluding steroid dienone is 2. The molecule has 0 bridgehead atoms. The topological polar surface area (TPSA) is 61.4 Å². The highest BCUT2D eigenvalue weighted by molar-refractivity contribution is 6.08. The lowest BCUT2D eigenvalue weighted by Crippen LogP contribution is -2.40. The minimum absolute atomic E-state index is 0.159. The molecule has 1 aliphatic heterocycles. The van der Waals surface area contributed by atoms with Crippen LogP contribution in [0.1, 0.15) is 84.1 Å². The Morgan fingerprint density at radius 1 is 1.00 bits per heavy atom. The van der Waals surface area contributed by atoms with Crippen LogP contribution in [0.15, 0.2) is 30.0 Å². The first-order chi connectivity index (χ1) is 14.1. The molecule has 5 nitrogen and oxygen atoms in total. The van der Waals surface area contributed by atoms with Gasteiger partial charge in [-0.2, -0.15) is 0 Å². The van der Waals surface area contributed by atoms with Crippen molar-refractivity contribution in [3.05, 3.63) is 35.5 Å². The fourth-order valence-electron chi connectivity index (χ4n) is 4.81. The number of anilines is 2. The summed E-state index contributed by atoms with van der Waals surface area (Å²) >= 11 is 0. The third-order valence-corrected chi connectivity index (χ3v) is 6.11. The first kappa shape index (κ1) is 21.4. The first-order valence-electron chi connectivity index (χ1n) is 11.3. The van der Waals surface area contributed by atoms with Crippen molar-refractivity contribution in [2.24, 2.45) is 0 Å². The number of nitrogens with zero attached hydrogens (tertiary/aromatic N) is 1. The van der Waals surface area contributed by atoms with Crippen LogP contribution in [0.25, 0.3) is 0 Å². The molecule has 2 aliphatic rings. The number of hydrogen-bond donors (Lipinski definition) is 2. The molecule has 0 radical (unpaired) electrons. The van der Waals surface area contributed by atoms with Gasteiger partial charge in [0.2, 0.25) is 5.91 Å². The Labute approximate surface area is 174 Å². The molecule has 0 aromatic heterocycles. The van der Waals surface area contributed by atoms with Gasteiger partial charge in [0.25, 0.3) is 0 Å². The summed E-state index contributed by atoms with van der Waals surface area (Å²) in [6.45, 7) is 7.18. The first-order valence-corrected chi connectivity index (χ1v) is 11.3. The molecule has 2 N–H and O–H groups in total. The van der Waals surface area contributed by atoms with Gasteiger partial charge in [0.1, 0.15) is 0 Å². The van der Waals surface area contributed by atoms with Gasteiger partial charge in [-0.05, 0) is 62.3 Å². The van der Waals surface area contributed by atoms with Crippen LogP contribution in [0, 0.1) is 0 Å². The number of hydrazine groups is 1. The van der Waals surface area contributed by atoms with Crippen LogP contribution in [0.3, 0.4) is 0 Å². The van der Waals surface area contributed by atoms with Crippen molar-refractivity contribution in [3.63, 3.8) is 0 Å². The highest BCUT2D eigenvalue weighted by Crippen LogP contribution is 2.48. The Kier molecular flexibility index (Phi) is 6.99. The van der Waals surface area contributed by atoms with Crippen LogP contribution >= 0.6 is 0 Å². The van der Waals surface area contributed by atoms with E-state index in [0.29, 0.717) is 12.1 Å². The van der Waals surface area contributed by atoms with Gasteiger partial charge in [0.15, 0.2) is 5.78 Å². The number of carbonyl (C=O) groups excluding carboxylic acids is 2. The maximum atomic E-state index is 13.5. The predicted octanol–water partition coefficient (Wildman–Crippen LogP) is 5.22. The molecule has 0 atom stereocenters. The minimum Gasteiger partial charge on any atom is -0.311 e. The zero-order chi connectivity index (χ0) is 20.9. The van der Waals surface area contributed by atoms with Crippen molar-refractivity contribution in [1.29, 1.82) is 0 Å². The summed E-state index contributed by atoms with van der Waals surface area (Å²) in [7, 11) is 0. The summed E-state index contributed by atoms with van der Waals surface area (Å²) in [6, 6.07) is 6.17. The van der Waals surface area contributed by atoms with E-state index in [1.165, 1.54) is 0 Å². The van der Waals surface area contributed by atoms with Crippen molar-refractivity contribution in [2.75, 3.05) is 16.9 Å². The van der Waals surface area contributed by atoms with Crippen LogP contribution in [-0.4, -0.2) is 18.2 Å². The molecule has 3 rings (SSSR count). The van der Waals surface area contributed by atoms with Gasteiger partial charge in [-0.15, -0.1) is 0 Å². The number of benzene rings is 1. The molecule has 0 saturated carbocycles. The van der Waals surface area contributed by atoms with Gasteiger partial charge >= 0.3 is 0 Å². The van der Waals surface area contributed by atoms with Gasteiger partial charge in [-0.3, -0.25) is 15.0 Å². The number of fused-ring (bicyclic) bond motifs is 1. The average Bonchev–Trinajstić information content (AvgIpc) is 2.84. The minimum atomic E-state index is -0.427. The second kappa shape index (κ2) is 9.47. The smallest absolute Gasteiger partial charge is 0.237 e. The molecule has 1 aromatic carbocycles. The quantitative estimate of drug-likeness (QED) is 0.561. The monoisotopic (exact) mass is 397 g/mol. The van der Waals surface area contributed by atoms with Crippen LogP contribution in [-0.2, 0) is 15.0 Å². The number of carbonyl (C=O) groups is 2. The Morgan fingerprint density at radius 3 is 2.45 bits per heavy atom. The molecule has 1 amide bonds. The lowest BCUT2D eigenvalue weighted by molar-refractivity contribution is -0.123. The second-order valence-corrected chi connectivity index (χ2v) is 8.31. The SMILES string of the molecule is CCCN1C(=O)C(CCC)(CCC)c2cc(NNC3=CCCCCC3=O)ccc21. The molecule has 0 fully saturated rings. The number of hydrogen-bond acceptors (Lipinski definition) is 4. The summed E-state index contributed by atoms with van der Waals surface area (Å²) in [6.07, 6.45) is 10.1. The molecule has 0 spiro atoms. The largest absolute Gasteiger partial charge is 0.311 e. The van der Waals surface area contributed by atoms with Crippen LogP contribution in [0.2, 0.25) is 0 Å². The normalized spacial score (nSPS) is 18.3. The molecule has 1 aliphatic carbocycles. The van der Waals surface area contributed by atoms with Gasteiger partial charge in [0, 0.05) is 18.7 Å². The molecule has 0 unspecified atom stereocenters. The molecule has 1 aromatic rings. The van der Waals surface area contributed by atoms with E-state index in [0.717, 1.165) is 74.8 Å². The summed E-state index contributed by atoms with van der Waals surface area (Å²) < 4.78 is 0. The molecule has 5 heteroatoms. The predicted molar refractivity (Wildman–Crippen MR) is 119 cm³/mol. The average molecular weight is 398 g/mol. The number of amides is 1. The van der Waals surface area contributed by atoms with E-state index in [4.69, 9.17) is 0 Å². The van der Waals surface area contributed by atoms with Gasteiger partial charge in [-0.1, -0.05) is 39.7 Å². The number of Topliss-reactive ketones (excluding diaryl/α,β-unsaturated/α-hetero) is 1. The lowest BCUT2D eigenvalue weighted by Gasteiger charge is -2.28. The fourth-order valence-corrected chi connectivity index (χ4v) is 4.81. The van der Waals surface area contributed by atoms with E-state index in [2.05, 4.69) is 43.8 Å².